The number of aryl methyl sites for hydroxylation is 2. The molecule has 162 valence electrons. The molecule has 0 aliphatic rings. The van der Waals surface area contributed by atoms with Crippen molar-refractivity contribution in [1.29, 1.82) is 0 Å². The Balaban J connectivity index is 0.000000182. The Morgan fingerprint density at radius 1 is 1.03 bits per heavy atom. The first-order valence-corrected chi connectivity index (χ1v) is 9.92. The first kappa shape index (κ1) is 22.5. The third-order valence-corrected chi connectivity index (χ3v) is 4.58. The molecular weight excluding hydrogens is 409 g/mol. The predicted molar refractivity (Wildman–Crippen MR) is 121 cm³/mol. The number of rotatable bonds is 6. The van der Waals surface area contributed by atoms with Crippen LogP contribution in [-0.4, -0.2) is 32.5 Å². The summed E-state index contributed by atoms with van der Waals surface area (Å²) in [5.41, 5.74) is 4.34. The van der Waals surface area contributed by atoms with Crippen LogP contribution in [0.5, 0.6) is 0 Å². The highest BCUT2D eigenvalue weighted by Crippen LogP contribution is 2.18. The zero-order valence-electron chi connectivity index (χ0n) is 17.7. The fourth-order valence-electron chi connectivity index (χ4n) is 2.75. The van der Waals surface area contributed by atoms with Crippen molar-refractivity contribution in [2.45, 2.75) is 20.3 Å². The molecule has 0 bridgehead atoms. The highest BCUT2D eigenvalue weighted by Gasteiger charge is 2.05. The second kappa shape index (κ2) is 10.7. The van der Waals surface area contributed by atoms with Crippen LogP contribution < -0.4 is 5.32 Å². The summed E-state index contributed by atoms with van der Waals surface area (Å²) in [6.07, 6.45) is 6.90. The summed E-state index contributed by atoms with van der Waals surface area (Å²) in [6, 6.07) is 12.8. The number of aldehydes is 2. The molecule has 4 rings (SSSR count). The van der Waals surface area contributed by atoms with E-state index in [0.29, 0.717) is 34.9 Å². The highest BCUT2D eigenvalue weighted by atomic mass is 19.1. The number of anilines is 2. The van der Waals surface area contributed by atoms with Crippen molar-refractivity contribution in [1.82, 2.24) is 19.9 Å². The number of nitrogens with zero attached hydrogens (tertiary/aromatic N) is 3. The van der Waals surface area contributed by atoms with Crippen molar-refractivity contribution >= 4 is 24.2 Å². The molecule has 2 aromatic carbocycles. The quantitative estimate of drug-likeness (QED) is 0.420. The SMILES string of the molecule is CCc1ccc(Nc2ncc(C=O)cn2)cc1.Cc1cc(-c2nc(C=O)c[nH]2)ccc1F. The van der Waals surface area contributed by atoms with Crippen molar-refractivity contribution in [3.05, 3.63) is 89.3 Å². The average molecular weight is 431 g/mol. The van der Waals surface area contributed by atoms with Crippen LogP contribution in [0.3, 0.4) is 0 Å². The van der Waals surface area contributed by atoms with Gasteiger partial charge in [0.05, 0.1) is 5.56 Å². The van der Waals surface area contributed by atoms with Gasteiger partial charge < -0.3 is 10.3 Å². The molecule has 2 heterocycles. The number of imidazole rings is 1. The molecule has 0 saturated heterocycles. The summed E-state index contributed by atoms with van der Waals surface area (Å²) in [5, 5.41) is 3.07. The maximum absolute atomic E-state index is 13.0. The van der Waals surface area contributed by atoms with E-state index in [-0.39, 0.29) is 5.82 Å². The van der Waals surface area contributed by atoms with E-state index >= 15 is 0 Å². The van der Waals surface area contributed by atoms with Gasteiger partial charge in [0.15, 0.2) is 12.6 Å². The Morgan fingerprint density at radius 2 is 1.75 bits per heavy atom. The fraction of sp³-hybridized carbons (Fsp3) is 0.125. The van der Waals surface area contributed by atoms with Gasteiger partial charge in [0.1, 0.15) is 17.3 Å². The van der Waals surface area contributed by atoms with E-state index in [9.17, 15) is 14.0 Å². The van der Waals surface area contributed by atoms with Crippen molar-refractivity contribution in [3.8, 4) is 11.4 Å². The van der Waals surface area contributed by atoms with E-state index in [1.165, 1.54) is 30.2 Å². The molecule has 0 spiro atoms. The lowest BCUT2D eigenvalue weighted by atomic mass is 10.1. The van der Waals surface area contributed by atoms with Crippen LogP contribution in [0, 0.1) is 12.7 Å². The lowest BCUT2D eigenvalue weighted by Gasteiger charge is -2.05. The minimum Gasteiger partial charge on any atom is -0.344 e. The number of halogens is 1. The number of carbonyl (C=O) groups is 2. The summed E-state index contributed by atoms with van der Waals surface area (Å²) in [4.78, 5) is 35.8. The first-order chi connectivity index (χ1) is 15.5. The number of hydrogen-bond donors (Lipinski definition) is 2. The molecule has 32 heavy (non-hydrogen) atoms. The molecule has 0 aliphatic carbocycles. The van der Waals surface area contributed by atoms with Crippen molar-refractivity contribution in [2.75, 3.05) is 5.32 Å². The van der Waals surface area contributed by atoms with Crippen LogP contribution in [0.2, 0.25) is 0 Å². The van der Waals surface area contributed by atoms with Crippen LogP contribution in [0.25, 0.3) is 11.4 Å². The van der Waals surface area contributed by atoms with Crippen molar-refractivity contribution in [3.63, 3.8) is 0 Å². The van der Waals surface area contributed by atoms with Crippen LogP contribution in [0.4, 0.5) is 16.0 Å². The lowest BCUT2D eigenvalue weighted by Crippen LogP contribution is -1.97. The van der Waals surface area contributed by atoms with Crippen LogP contribution in [-0.2, 0) is 6.42 Å². The number of benzene rings is 2. The Bertz CT molecular complexity index is 1190. The molecule has 8 heteroatoms. The highest BCUT2D eigenvalue weighted by molar-refractivity contribution is 5.74. The average Bonchev–Trinajstić information content (AvgIpc) is 3.32. The number of H-pyrrole nitrogens is 1. The molecule has 0 unspecified atom stereocenters. The Kier molecular flexibility index (Phi) is 7.53. The van der Waals surface area contributed by atoms with Crippen molar-refractivity contribution < 1.29 is 14.0 Å². The molecule has 0 radical (unpaired) electrons. The summed E-state index contributed by atoms with van der Waals surface area (Å²) < 4.78 is 13.0. The van der Waals surface area contributed by atoms with Gasteiger partial charge in [0, 0.05) is 29.8 Å². The van der Waals surface area contributed by atoms with E-state index in [1.807, 2.05) is 12.1 Å². The van der Waals surface area contributed by atoms with Crippen LogP contribution >= 0.6 is 0 Å². The summed E-state index contributed by atoms with van der Waals surface area (Å²) in [6.45, 7) is 3.80. The van der Waals surface area contributed by atoms with Gasteiger partial charge in [0.2, 0.25) is 5.95 Å². The minimum atomic E-state index is -0.249. The Hall–Kier alpha value is -4.20. The van der Waals surface area contributed by atoms with E-state index in [0.717, 1.165) is 24.0 Å². The molecule has 0 aliphatic heterocycles. The van der Waals surface area contributed by atoms with Gasteiger partial charge in [-0.05, 0) is 54.8 Å². The summed E-state index contributed by atoms with van der Waals surface area (Å²) in [5.74, 6) is 0.806. The molecule has 0 saturated carbocycles. The Labute approximate surface area is 184 Å². The molecule has 0 atom stereocenters. The van der Waals surface area contributed by atoms with Gasteiger partial charge in [0.25, 0.3) is 0 Å². The van der Waals surface area contributed by atoms with E-state index in [1.54, 1.807) is 19.1 Å². The fourth-order valence-corrected chi connectivity index (χ4v) is 2.75. The van der Waals surface area contributed by atoms with Gasteiger partial charge >= 0.3 is 0 Å². The topological polar surface area (TPSA) is 101 Å². The second-order valence-corrected chi connectivity index (χ2v) is 6.89. The number of aromatic nitrogens is 4. The Morgan fingerprint density at radius 3 is 2.31 bits per heavy atom. The van der Waals surface area contributed by atoms with Gasteiger partial charge in [-0.3, -0.25) is 9.59 Å². The van der Waals surface area contributed by atoms with E-state index in [2.05, 4.69) is 44.3 Å². The maximum atomic E-state index is 13.0. The maximum Gasteiger partial charge on any atom is 0.227 e. The van der Waals surface area contributed by atoms with Gasteiger partial charge in [-0.15, -0.1) is 0 Å². The monoisotopic (exact) mass is 431 g/mol. The van der Waals surface area contributed by atoms with Crippen LogP contribution in [0.15, 0.2) is 61.1 Å². The van der Waals surface area contributed by atoms with Gasteiger partial charge in [-0.2, -0.15) is 0 Å². The normalized spacial score (nSPS) is 10.1. The van der Waals surface area contributed by atoms with Gasteiger partial charge in [-0.25, -0.2) is 19.3 Å². The van der Waals surface area contributed by atoms with Crippen molar-refractivity contribution in [2.24, 2.45) is 0 Å². The smallest absolute Gasteiger partial charge is 0.227 e. The molecule has 2 N–H and O–H groups in total. The largest absolute Gasteiger partial charge is 0.344 e. The van der Waals surface area contributed by atoms with Crippen LogP contribution in [0.1, 0.15) is 38.9 Å². The first-order valence-electron chi connectivity index (χ1n) is 9.92. The number of hydrogen-bond acceptors (Lipinski definition) is 6. The molecular formula is C24H22FN5O2. The molecule has 0 amide bonds. The molecule has 0 fully saturated rings. The standard InChI is InChI=1S/C13H13N3O.C11H9FN2O/c1-2-10-3-5-12(6-4-10)16-13-14-7-11(9-17)8-15-13;1-7-4-8(2-3-10(7)12)11-13-5-9(6-15)14-11/h3-9H,2H2,1H3,(H,14,15,16);2-6H,1H3,(H,13,14). The van der Waals surface area contributed by atoms with Gasteiger partial charge in [-0.1, -0.05) is 19.1 Å². The molecule has 2 aromatic heterocycles. The zero-order valence-corrected chi connectivity index (χ0v) is 17.7. The minimum absolute atomic E-state index is 0.249. The summed E-state index contributed by atoms with van der Waals surface area (Å²) >= 11 is 0. The predicted octanol–water partition coefficient (Wildman–Crippen LogP) is 4.93. The number of nitrogens with one attached hydrogen (secondary N) is 2. The summed E-state index contributed by atoms with van der Waals surface area (Å²) in [7, 11) is 0. The number of aromatic amines is 1. The third kappa shape index (κ3) is 5.91. The molecule has 7 nitrogen and oxygen atoms in total. The third-order valence-electron chi connectivity index (χ3n) is 4.58. The van der Waals surface area contributed by atoms with E-state index in [4.69, 9.17) is 0 Å². The zero-order chi connectivity index (χ0) is 22.9. The second-order valence-electron chi connectivity index (χ2n) is 6.89. The van der Waals surface area contributed by atoms with E-state index < -0.39 is 0 Å². The lowest BCUT2D eigenvalue weighted by molar-refractivity contribution is 0.111. The number of carbonyl (C=O) groups excluding carboxylic acids is 2. The molecule has 4 aromatic rings.